The van der Waals surface area contributed by atoms with Gasteiger partial charge < -0.3 is 25.0 Å². The highest BCUT2D eigenvalue weighted by Gasteiger charge is 2.42. The van der Waals surface area contributed by atoms with E-state index < -0.39 is 28.9 Å². The lowest BCUT2D eigenvalue weighted by atomic mass is 9.80. The van der Waals surface area contributed by atoms with Crippen LogP contribution in [-0.4, -0.2) is 66.2 Å². The number of nitrogens with one attached hydrogen (secondary N) is 1. The summed E-state index contributed by atoms with van der Waals surface area (Å²) in [6.45, 7) is 2.70. The summed E-state index contributed by atoms with van der Waals surface area (Å²) in [4.78, 5) is 28.9. The Labute approximate surface area is 232 Å². The van der Waals surface area contributed by atoms with Gasteiger partial charge in [-0.3, -0.25) is 4.79 Å². The maximum Gasteiger partial charge on any atom is 0.405 e. The van der Waals surface area contributed by atoms with Gasteiger partial charge in [0.25, 0.3) is 5.91 Å². The number of piperidine rings is 1. The quantitative estimate of drug-likeness (QED) is 0.435. The van der Waals surface area contributed by atoms with E-state index in [9.17, 15) is 23.5 Å². The minimum Gasteiger partial charge on any atom is -0.465 e. The fourth-order valence-electron chi connectivity index (χ4n) is 5.92. The first kappa shape index (κ1) is 27.7. The van der Waals surface area contributed by atoms with E-state index in [-0.39, 0.29) is 19.1 Å². The Morgan fingerprint density at radius 2 is 1.55 bits per heavy atom. The normalized spacial score (nSPS) is 21.1. The summed E-state index contributed by atoms with van der Waals surface area (Å²) in [6.07, 6.45) is 0.553. The molecule has 0 aromatic heterocycles. The Balaban J connectivity index is 1.34. The number of carboxylic acid groups (broad SMARTS) is 1. The van der Waals surface area contributed by atoms with Crippen molar-refractivity contribution in [2.24, 2.45) is 0 Å². The van der Waals surface area contributed by atoms with Crippen LogP contribution in [0.5, 0.6) is 0 Å². The SMILES string of the molecule is O=C(O)NC1(c2ccccc2)CCN(CCC2(c3ccc(F)c(F)c3)CN(C(=O)c3ccccc3)CCO2)CC1. The van der Waals surface area contributed by atoms with Gasteiger partial charge in [0, 0.05) is 31.7 Å². The second kappa shape index (κ2) is 11.7. The van der Waals surface area contributed by atoms with Crippen LogP contribution in [0.4, 0.5) is 13.6 Å². The maximum atomic E-state index is 14.4. The van der Waals surface area contributed by atoms with Crippen molar-refractivity contribution < 1.29 is 28.2 Å². The third kappa shape index (κ3) is 5.85. The van der Waals surface area contributed by atoms with Crippen molar-refractivity contribution in [3.05, 3.63) is 107 Å². The molecule has 5 rings (SSSR count). The predicted molar refractivity (Wildman–Crippen MR) is 146 cm³/mol. The molecular formula is C31H33F2N3O4. The number of ether oxygens (including phenoxy) is 1. The molecule has 7 nitrogen and oxygen atoms in total. The van der Waals surface area contributed by atoms with Crippen LogP contribution in [-0.2, 0) is 15.9 Å². The Morgan fingerprint density at radius 1 is 0.875 bits per heavy atom. The van der Waals surface area contributed by atoms with Gasteiger partial charge in [0.2, 0.25) is 0 Å². The average Bonchev–Trinajstić information content (AvgIpc) is 2.98. The molecule has 2 amide bonds. The standard InChI is InChI=1S/C31H33F2N3O4/c32-26-12-11-25(21-27(26)33)31(22-36(19-20-40-31)28(37)23-7-3-1-4-8-23)15-18-35-16-13-30(14-17-35,34-29(38)39)24-9-5-2-6-10-24/h1-12,21,34H,13-20,22H2,(H,38,39). The van der Waals surface area contributed by atoms with Crippen LogP contribution in [0.15, 0.2) is 78.9 Å². The average molecular weight is 550 g/mol. The summed E-state index contributed by atoms with van der Waals surface area (Å²) in [5, 5.41) is 12.3. The zero-order chi connectivity index (χ0) is 28.2. The number of morpholine rings is 1. The Kier molecular flexibility index (Phi) is 8.14. The predicted octanol–water partition coefficient (Wildman–Crippen LogP) is 4.98. The van der Waals surface area contributed by atoms with Crippen LogP contribution < -0.4 is 5.32 Å². The molecule has 2 heterocycles. The van der Waals surface area contributed by atoms with Gasteiger partial charge in [-0.15, -0.1) is 0 Å². The van der Waals surface area contributed by atoms with E-state index in [1.54, 1.807) is 29.2 Å². The van der Waals surface area contributed by atoms with E-state index in [2.05, 4.69) is 10.2 Å². The number of hydrogen-bond acceptors (Lipinski definition) is 4. The van der Waals surface area contributed by atoms with Crippen molar-refractivity contribution >= 4 is 12.0 Å². The molecule has 1 atom stereocenters. The molecule has 3 aromatic carbocycles. The first-order valence-electron chi connectivity index (χ1n) is 13.5. The highest BCUT2D eigenvalue weighted by Crippen LogP contribution is 2.37. The summed E-state index contributed by atoms with van der Waals surface area (Å²) < 4.78 is 34.6. The summed E-state index contributed by atoms with van der Waals surface area (Å²) in [6, 6.07) is 22.4. The van der Waals surface area contributed by atoms with Crippen molar-refractivity contribution in [1.82, 2.24) is 15.1 Å². The highest BCUT2D eigenvalue weighted by molar-refractivity contribution is 5.94. The minimum absolute atomic E-state index is 0.138. The second-order valence-corrected chi connectivity index (χ2v) is 10.5. The molecule has 2 N–H and O–H groups in total. The van der Waals surface area contributed by atoms with E-state index in [4.69, 9.17) is 4.74 Å². The third-order valence-electron chi connectivity index (χ3n) is 8.15. The summed E-state index contributed by atoms with van der Waals surface area (Å²) in [7, 11) is 0. The monoisotopic (exact) mass is 549 g/mol. The fraction of sp³-hybridized carbons (Fsp3) is 0.355. The van der Waals surface area contributed by atoms with E-state index in [0.29, 0.717) is 56.6 Å². The number of benzene rings is 3. The lowest BCUT2D eigenvalue weighted by molar-refractivity contribution is -0.114. The Morgan fingerprint density at radius 3 is 2.20 bits per heavy atom. The molecule has 2 saturated heterocycles. The zero-order valence-corrected chi connectivity index (χ0v) is 22.2. The molecule has 0 aliphatic carbocycles. The molecule has 2 fully saturated rings. The van der Waals surface area contributed by atoms with Crippen LogP contribution in [0.3, 0.4) is 0 Å². The molecule has 2 aliphatic rings. The number of likely N-dealkylation sites (tertiary alicyclic amines) is 1. The van der Waals surface area contributed by atoms with Gasteiger partial charge in [0.15, 0.2) is 11.6 Å². The number of hydrogen-bond donors (Lipinski definition) is 2. The first-order valence-corrected chi connectivity index (χ1v) is 13.5. The number of carbonyl (C=O) groups excluding carboxylic acids is 1. The smallest absolute Gasteiger partial charge is 0.405 e. The van der Waals surface area contributed by atoms with Gasteiger partial charge in [-0.05, 0) is 54.7 Å². The number of carbonyl (C=O) groups is 2. The Bertz CT molecular complexity index is 1330. The van der Waals surface area contributed by atoms with Crippen molar-refractivity contribution in [1.29, 1.82) is 0 Å². The van der Waals surface area contributed by atoms with Crippen molar-refractivity contribution in [2.45, 2.75) is 30.4 Å². The summed E-state index contributed by atoms with van der Waals surface area (Å²) in [5.41, 5.74) is 0.274. The molecule has 3 aromatic rings. The molecule has 210 valence electrons. The molecule has 0 spiro atoms. The van der Waals surface area contributed by atoms with Crippen LogP contribution in [0.25, 0.3) is 0 Å². The molecule has 40 heavy (non-hydrogen) atoms. The molecule has 9 heteroatoms. The Hall–Kier alpha value is -3.82. The van der Waals surface area contributed by atoms with E-state index in [1.807, 2.05) is 36.4 Å². The lowest BCUT2D eigenvalue weighted by Crippen LogP contribution is -2.55. The van der Waals surface area contributed by atoms with E-state index >= 15 is 0 Å². The van der Waals surface area contributed by atoms with Crippen molar-refractivity contribution in [2.75, 3.05) is 39.3 Å². The van der Waals surface area contributed by atoms with Gasteiger partial charge in [-0.25, -0.2) is 13.6 Å². The molecule has 2 aliphatic heterocycles. The zero-order valence-electron chi connectivity index (χ0n) is 22.2. The molecule has 0 radical (unpaired) electrons. The number of halogens is 2. The number of amides is 2. The largest absolute Gasteiger partial charge is 0.465 e. The van der Waals surface area contributed by atoms with Crippen LogP contribution in [0, 0.1) is 11.6 Å². The first-order chi connectivity index (χ1) is 19.3. The lowest BCUT2D eigenvalue weighted by Gasteiger charge is -2.46. The molecule has 1 unspecified atom stereocenters. The second-order valence-electron chi connectivity index (χ2n) is 10.5. The highest BCUT2D eigenvalue weighted by atomic mass is 19.2. The van der Waals surface area contributed by atoms with Crippen LogP contribution in [0.2, 0.25) is 0 Å². The van der Waals surface area contributed by atoms with Gasteiger partial charge in [0.05, 0.1) is 18.7 Å². The van der Waals surface area contributed by atoms with Crippen molar-refractivity contribution in [3.8, 4) is 0 Å². The number of nitrogens with zero attached hydrogens (tertiary/aromatic N) is 2. The summed E-state index contributed by atoms with van der Waals surface area (Å²) in [5.74, 6) is -2.04. The summed E-state index contributed by atoms with van der Waals surface area (Å²) >= 11 is 0. The van der Waals surface area contributed by atoms with Crippen molar-refractivity contribution in [3.63, 3.8) is 0 Å². The topological polar surface area (TPSA) is 82.1 Å². The minimum atomic E-state index is -1.06. The van der Waals surface area contributed by atoms with Gasteiger partial charge in [0.1, 0.15) is 5.60 Å². The molecular weight excluding hydrogens is 516 g/mol. The van der Waals surface area contributed by atoms with Gasteiger partial charge >= 0.3 is 6.09 Å². The third-order valence-corrected chi connectivity index (χ3v) is 8.15. The van der Waals surface area contributed by atoms with Crippen LogP contribution >= 0.6 is 0 Å². The molecule has 0 bridgehead atoms. The molecule has 0 saturated carbocycles. The van der Waals surface area contributed by atoms with Gasteiger partial charge in [-0.1, -0.05) is 54.6 Å². The van der Waals surface area contributed by atoms with E-state index in [0.717, 1.165) is 11.6 Å². The van der Waals surface area contributed by atoms with Gasteiger partial charge in [-0.2, -0.15) is 0 Å². The maximum absolute atomic E-state index is 14.4. The fourth-order valence-corrected chi connectivity index (χ4v) is 5.92. The van der Waals surface area contributed by atoms with Crippen LogP contribution in [0.1, 0.15) is 40.7 Å². The number of rotatable bonds is 7. The van der Waals surface area contributed by atoms with E-state index in [1.165, 1.54) is 12.1 Å².